The first-order valence-corrected chi connectivity index (χ1v) is 4.99. The van der Waals surface area contributed by atoms with Gasteiger partial charge < -0.3 is 4.74 Å². The summed E-state index contributed by atoms with van der Waals surface area (Å²) in [4.78, 5) is 10.5. The number of carbonyl (C=O) groups excluding carboxylic acids is 1. The Bertz CT molecular complexity index is 219. The topological polar surface area (TPSA) is 58.6 Å². The van der Waals surface area contributed by atoms with E-state index in [1.54, 1.807) is 6.92 Å². The average Bonchev–Trinajstić information content (AvgIpc) is 2.11. The van der Waals surface area contributed by atoms with Crippen LogP contribution in [0.25, 0.3) is 0 Å². The highest BCUT2D eigenvalue weighted by molar-refractivity contribution is 14.1. The fourth-order valence-electron chi connectivity index (χ4n) is 0.672. The SMILES string of the molecule is CC#CC(COC(=O)NO)C(C)I. The average molecular weight is 297 g/mol. The van der Waals surface area contributed by atoms with Gasteiger partial charge in [0, 0.05) is 3.92 Å². The third kappa shape index (κ3) is 5.71. The Morgan fingerprint density at radius 3 is 2.77 bits per heavy atom. The second-order valence-corrected chi connectivity index (χ2v) is 4.35. The molecule has 0 aromatic heterocycles. The van der Waals surface area contributed by atoms with Gasteiger partial charge in [-0.2, -0.15) is 0 Å². The molecule has 74 valence electrons. The van der Waals surface area contributed by atoms with Crippen molar-refractivity contribution in [3.63, 3.8) is 0 Å². The van der Waals surface area contributed by atoms with Crippen molar-refractivity contribution in [2.45, 2.75) is 17.8 Å². The van der Waals surface area contributed by atoms with Gasteiger partial charge in [-0.3, -0.25) is 5.21 Å². The second kappa shape index (κ2) is 6.97. The van der Waals surface area contributed by atoms with Crippen molar-refractivity contribution in [1.29, 1.82) is 0 Å². The summed E-state index contributed by atoms with van der Waals surface area (Å²) in [5.41, 5.74) is 1.39. The maximum absolute atomic E-state index is 10.5. The van der Waals surface area contributed by atoms with E-state index >= 15 is 0 Å². The minimum Gasteiger partial charge on any atom is -0.447 e. The molecule has 2 atom stereocenters. The van der Waals surface area contributed by atoms with Crippen molar-refractivity contribution in [2.24, 2.45) is 5.92 Å². The van der Waals surface area contributed by atoms with Crippen molar-refractivity contribution in [1.82, 2.24) is 5.48 Å². The molecule has 0 saturated carbocycles. The molecule has 0 bridgehead atoms. The van der Waals surface area contributed by atoms with Crippen molar-refractivity contribution in [2.75, 3.05) is 6.61 Å². The van der Waals surface area contributed by atoms with Gasteiger partial charge in [-0.25, -0.2) is 10.3 Å². The van der Waals surface area contributed by atoms with Gasteiger partial charge in [-0.05, 0) is 6.92 Å². The zero-order valence-corrected chi connectivity index (χ0v) is 9.66. The second-order valence-electron chi connectivity index (χ2n) is 2.39. The lowest BCUT2D eigenvalue weighted by molar-refractivity contribution is 0.0833. The predicted octanol–water partition coefficient (Wildman–Crippen LogP) is 1.56. The van der Waals surface area contributed by atoms with Crippen molar-refractivity contribution in [3.05, 3.63) is 0 Å². The van der Waals surface area contributed by atoms with E-state index < -0.39 is 6.09 Å². The number of ether oxygens (including phenoxy) is 1. The van der Waals surface area contributed by atoms with Crippen LogP contribution in [0.4, 0.5) is 4.79 Å². The lowest BCUT2D eigenvalue weighted by Gasteiger charge is -2.12. The molecular formula is C8H12INO3. The smallest absolute Gasteiger partial charge is 0.431 e. The van der Waals surface area contributed by atoms with E-state index in [9.17, 15) is 4.79 Å². The Balaban J connectivity index is 3.94. The van der Waals surface area contributed by atoms with Crippen LogP contribution in [0, 0.1) is 17.8 Å². The van der Waals surface area contributed by atoms with Gasteiger partial charge in [0.2, 0.25) is 0 Å². The molecule has 0 spiro atoms. The van der Waals surface area contributed by atoms with Gasteiger partial charge in [-0.1, -0.05) is 35.4 Å². The van der Waals surface area contributed by atoms with Crippen molar-refractivity contribution in [3.8, 4) is 11.8 Å². The Labute approximate surface area is 91.1 Å². The lowest BCUT2D eigenvalue weighted by Crippen LogP contribution is -2.25. The van der Waals surface area contributed by atoms with E-state index in [1.165, 1.54) is 5.48 Å². The molecule has 0 fully saturated rings. The van der Waals surface area contributed by atoms with E-state index in [4.69, 9.17) is 5.21 Å². The van der Waals surface area contributed by atoms with E-state index in [2.05, 4.69) is 39.2 Å². The van der Waals surface area contributed by atoms with Crippen molar-refractivity contribution < 1.29 is 14.7 Å². The highest BCUT2D eigenvalue weighted by Crippen LogP contribution is 2.12. The molecule has 13 heavy (non-hydrogen) atoms. The Hall–Kier alpha value is -0.480. The van der Waals surface area contributed by atoms with Gasteiger partial charge in [0.1, 0.15) is 6.61 Å². The molecule has 2 unspecified atom stereocenters. The number of nitrogens with one attached hydrogen (secondary N) is 1. The summed E-state index contributed by atoms with van der Waals surface area (Å²) in [5, 5.41) is 8.15. The molecular weight excluding hydrogens is 285 g/mol. The highest BCUT2D eigenvalue weighted by Gasteiger charge is 2.13. The first kappa shape index (κ1) is 12.5. The largest absolute Gasteiger partial charge is 0.447 e. The zero-order valence-electron chi connectivity index (χ0n) is 7.50. The molecule has 0 aromatic carbocycles. The van der Waals surface area contributed by atoms with Crippen molar-refractivity contribution >= 4 is 28.7 Å². The Morgan fingerprint density at radius 1 is 1.77 bits per heavy atom. The maximum Gasteiger partial charge on any atom is 0.431 e. The number of alkyl halides is 1. The highest BCUT2D eigenvalue weighted by atomic mass is 127. The molecule has 0 aliphatic heterocycles. The molecule has 0 rings (SSSR count). The lowest BCUT2D eigenvalue weighted by atomic mass is 10.1. The monoisotopic (exact) mass is 297 g/mol. The van der Waals surface area contributed by atoms with Crippen LogP contribution in [0.1, 0.15) is 13.8 Å². The fourth-order valence-corrected chi connectivity index (χ4v) is 1.06. The van der Waals surface area contributed by atoms with Crippen LogP contribution in [0.15, 0.2) is 0 Å². The summed E-state index contributed by atoms with van der Waals surface area (Å²) in [5.74, 6) is 5.68. The van der Waals surface area contributed by atoms with Crippen LogP contribution >= 0.6 is 22.6 Å². The van der Waals surface area contributed by atoms with E-state index in [0.717, 1.165) is 0 Å². The summed E-state index contributed by atoms with van der Waals surface area (Å²) < 4.78 is 4.95. The summed E-state index contributed by atoms with van der Waals surface area (Å²) in [6.45, 7) is 3.91. The van der Waals surface area contributed by atoms with Gasteiger partial charge in [-0.15, -0.1) is 5.92 Å². The molecule has 4 nitrogen and oxygen atoms in total. The van der Waals surface area contributed by atoms with Crippen LogP contribution < -0.4 is 5.48 Å². The normalized spacial score (nSPS) is 13.5. The molecule has 0 aliphatic carbocycles. The van der Waals surface area contributed by atoms with Gasteiger partial charge in [0.05, 0.1) is 5.92 Å². The fraction of sp³-hybridized carbons (Fsp3) is 0.625. The molecule has 0 aromatic rings. The zero-order chi connectivity index (χ0) is 10.3. The molecule has 1 amide bonds. The number of hydrogen-bond acceptors (Lipinski definition) is 3. The van der Waals surface area contributed by atoms with Gasteiger partial charge in [0.15, 0.2) is 0 Å². The maximum atomic E-state index is 10.5. The van der Waals surface area contributed by atoms with E-state index in [-0.39, 0.29) is 16.4 Å². The minimum absolute atomic E-state index is 0.00269. The van der Waals surface area contributed by atoms with E-state index in [0.29, 0.717) is 0 Å². The number of hydrogen-bond donors (Lipinski definition) is 2. The molecule has 2 N–H and O–H groups in total. The molecule has 0 heterocycles. The van der Waals surface area contributed by atoms with Gasteiger partial charge >= 0.3 is 6.09 Å². The number of hydroxylamine groups is 1. The molecule has 5 heteroatoms. The van der Waals surface area contributed by atoms with Crippen LogP contribution in [-0.4, -0.2) is 21.8 Å². The van der Waals surface area contributed by atoms with Crippen LogP contribution in [0.3, 0.4) is 0 Å². The first-order chi connectivity index (χ1) is 6.11. The van der Waals surface area contributed by atoms with Gasteiger partial charge in [0.25, 0.3) is 0 Å². The number of halogens is 1. The summed E-state index contributed by atoms with van der Waals surface area (Å²) in [7, 11) is 0. The molecule has 0 saturated heterocycles. The number of carbonyl (C=O) groups is 1. The summed E-state index contributed by atoms with van der Waals surface area (Å²) in [6.07, 6.45) is -0.847. The summed E-state index contributed by atoms with van der Waals surface area (Å²) >= 11 is 2.21. The number of rotatable bonds is 3. The molecule has 0 radical (unpaired) electrons. The standard InChI is InChI=1S/C8H12INO3/c1-3-4-7(6(2)9)5-13-8(11)10-12/h6-7,12H,5H2,1-2H3,(H,10,11). The minimum atomic E-state index is -0.847. The third-order valence-electron chi connectivity index (χ3n) is 1.37. The van der Waals surface area contributed by atoms with Crippen LogP contribution in [-0.2, 0) is 4.74 Å². The third-order valence-corrected chi connectivity index (χ3v) is 2.24. The predicted molar refractivity (Wildman–Crippen MR) is 56.7 cm³/mol. The summed E-state index contributed by atoms with van der Waals surface area (Å²) in [6, 6.07) is 0. The first-order valence-electron chi connectivity index (χ1n) is 3.75. The quantitative estimate of drug-likeness (QED) is 0.273. The number of amides is 1. The Kier molecular flexibility index (Phi) is 6.72. The van der Waals surface area contributed by atoms with Crippen LogP contribution in [0.5, 0.6) is 0 Å². The van der Waals surface area contributed by atoms with E-state index in [1.807, 2.05) is 6.92 Å². The molecule has 0 aliphatic rings. The van der Waals surface area contributed by atoms with Crippen LogP contribution in [0.2, 0.25) is 0 Å². The Morgan fingerprint density at radius 2 is 2.38 bits per heavy atom.